The molecule has 264 valence electrons. The highest BCUT2D eigenvalue weighted by molar-refractivity contribution is 7.87. The number of nitrogens with one attached hydrogen (secondary N) is 1. The van der Waals surface area contributed by atoms with Crippen LogP contribution >= 0.6 is 0 Å². The minimum atomic E-state index is -4.88. The molecular weight excluding hydrogens is 739 g/mol. The van der Waals surface area contributed by atoms with Gasteiger partial charge in [-0.05, 0) is 84.2 Å². The van der Waals surface area contributed by atoms with Crippen molar-refractivity contribution in [3.8, 4) is 5.75 Å². The molecule has 52 heavy (non-hydrogen) atoms. The maximum atomic E-state index is 12.9. The van der Waals surface area contributed by atoms with Gasteiger partial charge in [-0.1, -0.05) is 30.3 Å². The first-order valence-corrected chi connectivity index (χ1v) is 18.9. The molecule has 0 saturated carbocycles. The first kappa shape index (κ1) is 35.9. The monoisotopic (exact) mass is 761 g/mol. The molecule has 6 aromatic rings. The molecule has 0 spiro atoms. The molecule has 0 heterocycles. The highest BCUT2D eigenvalue weighted by atomic mass is 32.2. The van der Waals surface area contributed by atoms with Crippen molar-refractivity contribution in [3.63, 3.8) is 0 Å². The van der Waals surface area contributed by atoms with Gasteiger partial charge in [0.2, 0.25) is 0 Å². The van der Waals surface area contributed by atoms with Gasteiger partial charge in [-0.2, -0.15) is 40.6 Å². The van der Waals surface area contributed by atoms with Gasteiger partial charge in [0.15, 0.2) is 5.75 Å². The number of hydrogen-bond donors (Lipinski definition) is 5. The van der Waals surface area contributed by atoms with Crippen LogP contribution in [0.3, 0.4) is 0 Å². The number of anilines is 1. The first-order chi connectivity index (χ1) is 24.5. The number of phenolic OH excluding ortho intramolecular Hbond substituents is 1. The van der Waals surface area contributed by atoms with Gasteiger partial charge in [-0.25, -0.2) is 0 Å². The number of carbonyl (C=O) groups is 1. The van der Waals surface area contributed by atoms with Crippen molar-refractivity contribution in [3.05, 3.63) is 115 Å². The van der Waals surface area contributed by atoms with Gasteiger partial charge in [-0.15, -0.1) is 5.11 Å². The van der Waals surface area contributed by atoms with Gasteiger partial charge < -0.3 is 10.4 Å². The topological polar surface area (TPSA) is 262 Å². The molecule has 0 unspecified atom stereocenters. The Labute approximate surface area is 295 Å². The Hall–Kier alpha value is -5.96. The average Bonchev–Trinajstić information content (AvgIpc) is 3.09. The molecule has 1 amide bonds. The van der Waals surface area contributed by atoms with E-state index < -0.39 is 50.9 Å². The van der Waals surface area contributed by atoms with Crippen LogP contribution in [0.25, 0.3) is 21.5 Å². The van der Waals surface area contributed by atoms with Gasteiger partial charge in [0.25, 0.3) is 36.3 Å². The van der Waals surface area contributed by atoms with E-state index in [0.29, 0.717) is 17.4 Å². The minimum Gasteiger partial charge on any atom is -0.505 e. The van der Waals surface area contributed by atoms with E-state index in [0.717, 1.165) is 12.1 Å². The van der Waals surface area contributed by atoms with Crippen molar-refractivity contribution in [2.24, 2.45) is 20.5 Å². The summed E-state index contributed by atoms with van der Waals surface area (Å²) in [6.45, 7) is 0. The largest absolute Gasteiger partial charge is 0.505 e. The fourth-order valence-corrected chi connectivity index (χ4v) is 7.10. The Kier molecular flexibility index (Phi) is 9.40. The van der Waals surface area contributed by atoms with E-state index in [1.807, 2.05) is 0 Å². The normalized spacial score (nSPS) is 12.6. The number of amides is 1. The Balaban J connectivity index is 1.14. The molecule has 6 rings (SSSR count). The maximum Gasteiger partial charge on any atom is 0.295 e. The molecule has 5 N–H and O–H groups in total. The van der Waals surface area contributed by atoms with E-state index in [1.54, 1.807) is 36.4 Å². The van der Waals surface area contributed by atoms with E-state index in [4.69, 9.17) is 0 Å². The lowest BCUT2D eigenvalue weighted by Crippen LogP contribution is -2.11. The Morgan fingerprint density at radius 3 is 1.69 bits per heavy atom. The second-order valence-corrected chi connectivity index (χ2v) is 15.2. The summed E-state index contributed by atoms with van der Waals surface area (Å²) in [5.74, 6) is -0.803. The van der Waals surface area contributed by atoms with Gasteiger partial charge in [0.1, 0.15) is 15.5 Å². The van der Waals surface area contributed by atoms with Crippen LogP contribution in [0.4, 0.5) is 28.4 Å². The lowest BCUT2D eigenvalue weighted by Gasteiger charge is -2.08. The van der Waals surface area contributed by atoms with E-state index in [2.05, 4.69) is 25.8 Å². The maximum absolute atomic E-state index is 12.9. The van der Waals surface area contributed by atoms with Crippen molar-refractivity contribution in [2.75, 3.05) is 5.32 Å². The highest BCUT2D eigenvalue weighted by Crippen LogP contribution is 2.39. The number of nitrogens with zero attached hydrogens (tertiary/aromatic N) is 4. The summed E-state index contributed by atoms with van der Waals surface area (Å²) in [5, 5.41) is 29.7. The van der Waals surface area contributed by atoms with E-state index >= 15 is 0 Å². The zero-order valence-corrected chi connectivity index (χ0v) is 28.5. The summed E-state index contributed by atoms with van der Waals surface area (Å²) >= 11 is 0. The lowest BCUT2D eigenvalue weighted by atomic mass is 10.1. The Morgan fingerprint density at radius 1 is 0.538 bits per heavy atom. The van der Waals surface area contributed by atoms with Crippen LogP contribution in [-0.2, 0) is 30.4 Å². The highest BCUT2D eigenvalue weighted by Gasteiger charge is 2.21. The van der Waals surface area contributed by atoms with Crippen molar-refractivity contribution in [1.29, 1.82) is 0 Å². The van der Waals surface area contributed by atoms with Crippen LogP contribution in [0, 0.1) is 0 Å². The minimum absolute atomic E-state index is 0.0565. The summed E-state index contributed by atoms with van der Waals surface area (Å²) in [4.78, 5) is 11.0. The van der Waals surface area contributed by atoms with Crippen LogP contribution in [0.5, 0.6) is 5.75 Å². The number of fused-ring (bicyclic) bond motifs is 2. The van der Waals surface area contributed by atoms with Gasteiger partial charge in [0.05, 0.1) is 22.0 Å². The summed E-state index contributed by atoms with van der Waals surface area (Å²) in [5.41, 5.74) is 1.26. The standard InChI is InChI=1S/C33H23N5O11S3/c39-32-27-4-2-1-3-26(27)31(52(47,48)49)18-29(32)38-36-22-8-5-19(6-9-22)33(40)34-21-11-13-23(14-12-21)35-37-24-10-7-20-15-25(50(41,42)43)17-30(28(20)16-24)51(44,45)46/h1-18,39H,(H,34,40)(H,41,42,43)(H,44,45,46)(H,47,48,49). The van der Waals surface area contributed by atoms with E-state index in [1.165, 1.54) is 54.6 Å². The third kappa shape index (κ3) is 7.84. The predicted molar refractivity (Wildman–Crippen MR) is 188 cm³/mol. The number of aromatic hydroxyl groups is 1. The Morgan fingerprint density at radius 2 is 1.08 bits per heavy atom. The molecule has 0 fully saturated rings. The molecule has 0 aliphatic carbocycles. The third-order valence-electron chi connectivity index (χ3n) is 7.49. The van der Waals surface area contributed by atoms with Crippen LogP contribution in [0.2, 0.25) is 0 Å². The fraction of sp³-hybridized carbons (Fsp3) is 0. The fourth-order valence-electron chi connectivity index (χ4n) is 5.03. The number of hydrogen-bond acceptors (Lipinski definition) is 12. The molecule has 0 atom stereocenters. The first-order valence-electron chi connectivity index (χ1n) is 14.6. The van der Waals surface area contributed by atoms with Crippen LogP contribution in [0.1, 0.15) is 10.4 Å². The molecule has 0 radical (unpaired) electrons. The molecule has 0 saturated heterocycles. The SMILES string of the molecule is O=C(Nc1ccc(N=Nc2ccc3cc(S(=O)(=O)O)cc(S(=O)(=O)O)c3c2)cc1)c1ccc(N=Nc2cc(S(=O)(=O)O)c3ccccc3c2O)cc1. The van der Waals surface area contributed by atoms with Crippen molar-refractivity contribution in [1.82, 2.24) is 0 Å². The van der Waals surface area contributed by atoms with Crippen LogP contribution in [0.15, 0.2) is 144 Å². The van der Waals surface area contributed by atoms with E-state index in [9.17, 15) is 48.8 Å². The zero-order chi connectivity index (χ0) is 37.4. The quantitative estimate of drug-likeness (QED) is 0.0710. The van der Waals surface area contributed by atoms with Gasteiger partial charge >= 0.3 is 0 Å². The zero-order valence-electron chi connectivity index (χ0n) is 26.1. The second kappa shape index (κ2) is 13.6. The van der Waals surface area contributed by atoms with Crippen molar-refractivity contribution in [2.45, 2.75) is 14.7 Å². The number of phenols is 1. The summed E-state index contributed by atoms with van der Waals surface area (Å²) in [6, 6.07) is 24.8. The number of benzene rings is 6. The molecule has 0 aromatic heterocycles. The molecular formula is C33H23N5O11S3. The van der Waals surface area contributed by atoms with Gasteiger partial charge in [0, 0.05) is 27.4 Å². The number of carbonyl (C=O) groups excluding carboxylic acids is 1. The Bertz CT molecular complexity index is 2810. The second-order valence-electron chi connectivity index (χ2n) is 11.0. The van der Waals surface area contributed by atoms with E-state index in [-0.39, 0.29) is 49.9 Å². The smallest absolute Gasteiger partial charge is 0.295 e. The van der Waals surface area contributed by atoms with Crippen LogP contribution in [-0.4, -0.2) is 49.9 Å². The molecule has 6 aromatic carbocycles. The third-order valence-corrected chi connectivity index (χ3v) is 10.1. The average molecular weight is 762 g/mol. The summed E-state index contributed by atoms with van der Waals surface area (Å²) in [6.07, 6.45) is 0. The number of rotatable bonds is 9. The number of azo groups is 2. The molecule has 19 heteroatoms. The lowest BCUT2D eigenvalue weighted by molar-refractivity contribution is 0.102. The van der Waals surface area contributed by atoms with Crippen molar-refractivity contribution < 1.29 is 48.8 Å². The molecule has 0 aliphatic heterocycles. The van der Waals surface area contributed by atoms with Crippen LogP contribution < -0.4 is 5.32 Å². The molecule has 16 nitrogen and oxygen atoms in total. The van der Waals surface area contributed by atoms with Gasteiger partial charge in [-0.3, -0.25) is 18.5 Å². The van der Waals surface area contributed by atoms with Crippen molar-refractivity contribution >= 4 is 86.2 Å². The molecule has 0 aliphatic rings. The predicted octanol–water partition coefficient (Wildman–Crippen LogP) is 7.52. The summed E-state index contributed by atoms with van der Waals surface area (Å²) in [7, 11) is -14.3. The summed E-state index contributed by atoms with van der Waals surface area (Å²) < 4.78 is 99.6. The molecule has 0 bridgehead atoms.